The van der Waals surface area contributed by atoms with Crippen molar-refractivity contribution in [3.05, 3.63) is 113 Å². The van der Waals surface area contributed by atoms with Crippen LogP contribution >= 0.6 is 0 Å². The van der Waals surface area contributed by atoms with Crippen LogP contribution in [0.3, 0.4) is 0 Å². The molecule has 0 saturated heterocycles. The first-order chi connectivity index (χ1) is 18.1. The first-order valence-corrected chi connectivity index (χ1v) is 12.6. The molecule has 0 bridgehead atoms. The number of carbonyl (C=O) groups is 3. The second-order valence-corrected chi connectivity index (χ2v) is 9.48. The Labute approximate surface area is 224 Å². The van der Waals surface area contributed by atoms with E-state index in [2.05, 4.69) is 6.58 Å². The number of esters is 3. The molecule has 6 heteroatoms. The minimum absolute atomic E-state index is 0.0417. The molecule has 3 aromatic carbocycles. The molecule has 0 aliphatic carbocycles. The normalized spacial score (nSPS) is 12.2. The number of benzene rings is 3. The summed E-state index contributed by atoms with van der Waals surface area (Å²) in [5, 5.41) is 0. The van der Waals surface area contributed by atoms with Crippen molar-refractivity contribution in [2.75, 3.05) is 6.61 Å². The molecule has 3 aromatic rings. The summed E-state index contributed by atoms with van der Waals surface area (Å²) in [7, 11) is 0. The molecule has 0 spiro atoms. The van der Waals surface area contributed by atoms with Crippen molar-refractivity contribution in [1.29, 1.82) is 0 Å². The molecule has 0 radical (unpaired) electrons. The molecule has 3 rings (SSSR count). The summed E-state index contributed by atoms with van der Waals surface area (Å²) in [5.74, 6) is -1.31. The third-order valence-corrected chi connectivity index (χ3v) is 6.02. The Morgan fingerprint density at radius 2 is 1.03 bits per heavy atom. The smallest absolute Gasteiger partial charge is 0.338 e. The van der Waals surface area contributed by atoms with E-state index in [1.54, 1.807) is 43.3 Å². The van der Waals surface area contributed by atoms with Crippen LogP contribution in [0.4, 0.5) is 0 Å². The molecule has 0 N–H and O–H groups in total. The molecule has 0 amide bonds. The number of hydrogen-bond donors (Lipinski definition) is 0. The molecule has 38 heavy (non-hydrogen) atoms. The molecular formula is C32H34O6. The molecule has 2 unspecified atom stereocenters. The molecule has 0 heterocycles. The Morgan fingerprint density at radius 1 is 0.632 bits per heavy atom. The molecule has 0 fully saturated rings. The van der Waals surface area contributed by atoms with Gasteiger partial charge in [-0.1, -0.05) is 54.1 Å². The first-order valence-electron chi connectivity index (χ1n) is 12.6. The van der Waals surface area contributed by atoms with Crippen molar-refractivity contribution in [2.45, 2.75) is 52.7 Å². The van der Waals surface area contributed by atoms with Gasteiger partial charge in [0.15, 0.2) is 0 Å². The van der Waals surface area contributed by atoms with Crippen molar-refractivity contribution < 1.29 is 28.6 Å². The van der Waals surface area contributed by atoms with Crippen LogP contribution < -0.4 is 0 Å². The first kappa shape index (κ1) is 28.4. The zero-order valence-corrected chi connectivity index (χ0v) is 22.4. The van der Waals surface area contributed by atoms with E-state index in [1.165, 1.54) is 0 Å². The number of hydrogen-bond acceptors (Lipinski definition) is 6. The second kappa shape index (κ2) is 13.4. The van der Waals surface area contributed by atoms with Gasteiger partial charge in [-0.15, -0.1) is 0 Å². The zero-order valence-electron chi connectivity index (χ0n) is 22.4. The third kappa shape index (κ3) is 8.44. The van der Waals surface area contributed by atoms with Crippen LogP contribution in [0, 0.1) is 13.8 Å². The maximum atomic E-state index is 12.5. The molecule has 0 aliphatic rings. The van der Waals surface area contributed by atoms with Gasteiger partial charge in [-0.2, -0.15) is 0 Å². The van der Waals surface area contributed by atoms with Crippen LogP contribution in [0.2, 0.25) is 0 Å². The van der Waals surface area contributed by atoms with Gasteiger partial charge in [-0.3, -0.25) is 0 Å². The molecule has 0 saturated carbocycles. The Bertz CT molecular complexity index is 1260. The minimum Gasteiger partial charge on any atom is -0.459 e. The molecule has 6 nitrogen and oxygen atoms in total. The van der Waals surface area contributed by atoms with Crippen LogP contribution in [0.15, 0.2) is 79.4 Å². The van der Waals surface area contributed by atoms with Gasteiger partial charge < -0.3 is 14.2 Å². The number of aryl methyl sites for hydroxylation is 2. The lowest BCUT2D eigenvalue weighted by molar-refractivity contribution is 0.00448. The van der Waals surface area contributed by atoms with Gasteiger partial charge in [0.05, 0.1) is 22.8 Å². The summed E-state index contributed by atoms with van der Waals surface area (Å²) in [6.45, 7) is 11.5. The van der Waals surface area contributed by atoms with E-state index in [-0.39, 0.29) is 18.7 Å². The van der Waals surface area contributed by atoms with E-state index in [4.69, 9.17) is 14.2 Å². The molecular weight excluding hydrogens is 480 g/mol. The standard InChI is InChI=1S/C32H34O6/c1-21-6-12-27(13-7-21)30(33)36-20-25(5)38-32(35)29-18-16-26(17-19-29)23(3)10-11-24(4)37-31(34)28-14-8-22(2)9-15-28/h6-9,12-19,24-25H,3,10-11,20H2,1-2,4-5H3. The SMILES string of the molecule is C=C(CCC(C)OC(=O)c1ccc(C)cc1)c1ccc(C(=O)OC(C)COC(=O)c2ccc(C)cc2)cc1. The molecule has 0 aliphatic heterocycles. The van der Waals surface area contributed by atoms with Crippen molar-refractivity contribution in [3.8, 4) is 0 Å². The highest BCUT2D eigenvalue weighted by Crippen LogP contribution is 2.21. The predicted octanol–water partition coefficient (Wildman–Crippen LogP) is 6.74. The van der Waals surface area contributed by atoms with Gasteiger partial charge in [-0.05, 0) is 88.1 Å². The largest absolute Gasteiger partial charge is 0.459 e. The summed E-state index contributed by atoms with van der Waals surface area (Å²) in [6, 6.07) is 21.3. The summed E-state index contributed by atoms with van der Waals surface area (Å²) in [6.07, 6.45) is 0.390. The lowest BCUT2D eigenvalue weighted by atomic mass is 10.00. The van der Waals surface area contributed by atoms with Gasteiger partial charge in [0, 0.05) is 0 Å². The highest BCUT2D eigenvalue weighted by Gasteiger charge is 2.16. The van der Waals surface area contributed by atoms with Gasteiger partial charge in [0.25, 0.3) is 0 Å². The summed E-state index contributed by atoms with van der Waals surface area (Å²) in [5.41, 5.74) is 5.26. The molecule has 198 valence electrons. The van der Waals surface area contributed by atoms with E-state index in [1.807, 2.05) is 57.2 Å². The zero-order chi connectivity index (χ0) is 27.7. The Morgan fingerprint density at radius 3 is 1.53 bits per heavy atom. The monoisotopic (exact) mass is 514 g/mol. The maximum Gasteiger partial charge on any atom is 0.338 e. The van der Waals surface area contributed by atoms with Crippen LogP contribution in [-0.2, 0) is 14.2 Å². The van der Waals surface area contributed by atoms with E-state index < -0.39 is 18.0 Å². The maximum absolute atomic E-state index is 12.5. The fourth-order valence-corrected chi connectivity index (χ4v) is 3.61. The van der Waals surface area contributed by atoms with Gasteiger partial charge in [0.1, 0.15) is 12.7 Å². The lowest BCUT2D eigenvalue weighted by Crippen LogP contribution is -2.22. The van der Waals surface area contributed by atoms with Crippen molar-refractivity contribution in [2.24, 2.45) is 0 Å². The van der Waals surface area contributed by atoms with Crippen LogP contribution in [0.1, 0.15) is 74.5 Å². The average molecular weight is 515 g/mol. The van der Waals surface area contributed by atoms with Crippen LogP contribution in [0.25, 0.3) is 5.57 Å². The quantitative estimate of drug-likeness (QED) is 0.208. The number of rotatable bonds is 11. The number of ether oxygens (including phenoxy) is 3. The van der Waals surface area contributed by atoms with Gasteiger partial charge in [-0.25, -0.2) is 14.4 Å². The minimum atomic E-state index is -0.601. The fourth-order valence-electron chi connectivity index (χ4n) is 3.61. The average Bonchev–Trinajstić information content (AvgIpc) is 2.91. The molecule has 2 atom stereocenters. The lowest BCUT2D eigenvalue weighted by Gasteiger charge is -2.15. The van der Waals surface area contributed by atoms with E-state index in [9.17, 15) is 14.4 Å². The van der Waals surface area contributed by atoms with Gasteiger partial charge in [0.2, 0.25) is 0 Å². The van der Waals surface area contributed by atoms with Gasteiger partial charge >= 0.3 is 17.9 Å². The van der Waals surface area contributed by atoms with Crippen LogP contribution in [-0.4, -0.2) is 36.7 Å². The topological polar surface area (TPSA) is 78.9 Å². The Hall–Kier alpha value is -4.19. The summed E-state index contributed by atoms with van der Waals surface area (Å²) >= 11 is 0. The van der Waals surface area contributed by atoms with Crippen LogP contribution in [0.5, 0.6) is 0 Å². The third-order valence-electron chi connectivity index (χ3n) is 6.02. The van der Waals surface area contributed by atoms with E-state index >= 15 is 0 Å². The Balaban J connectivity index is 1.42. The van der Waals surface area contributed by atoms with E-state index in [0.717, 1.165) is 22.3 Å². The number of allylic oxidation sites excluding steroid dienone is 1. The predicted molar refractivity (Wildman–Crippen MR) is 147 cm³/mol. The highest BCUT2D eigenvalue weighted by molar-refractivity contribution is 5.91. The summed E-state index contributed by atoms with van der Waals surface area (Å²) in [4.78, 5) is 37.0. The van der Waals surface area contributed by atoms with Crippen molar-refractivity contribution >= 4 is 23.5 Å². The second-order valence-electron chi connectivity index (χ2n) is 9.48. The van der Waals surface area contributed by atoms with E-state index in [0.29, 0.717) is 29.5 Å². The fraction of sp³-hybridized carbons (Fsp3) is 0.281. The van der Waals surface area contributed by atoms with Crippen molar-refractivity contribution in [1.82, 2.24) is 0 Å². The summed E-state index contributed by atoms with van der Waals surface area (Å²) < 4.78 is 16.2. The number of carbonyl (C=O) groups excluding carboxylic acids is 3. The highest BCUT2D eigenvalue weighted by atomic mass is 16.6. The van der Waals surface area contributed by atoms with Crippen molar-refractivity contribution in [3.63, 3.8) is 0 Å². The Kier molecular flexibility index (Phi) is 9.99. The molecule has 0 aromatic heterocycles.